The number of likely N-dealkylation sites (tertiary alicyclic amines) is 1. The fraction of sp³-hybridized carbons (Fsp3) is 0.609. The van der Waals surface area contributed by atoms with Crippen molar-refractivity contribution in [2.75, 3.05) is 13.1 Å². The number of aromatic nitrogens is 4. The minimum atomic E-state index is 0.0917. The van der Waals surface area contributed by atoms with Crippen molar-refractivity contribution >= 4 is 16.3 Å². The summed E-state index contributed by atoms with van der Waals surface area (Å²) in [6.07, 6.45) is 3.89. The summed E-state index contributed by atoms with van der Waals surface area (Å²) >= 11 is 1.63. The Morgan fingerprint density at radius 2 is 1.48 bits per heavy atom. The van der Waals surface area contributed by atoms with E-state index in [2.05, 4.69) is 74.8 Å². The lowest BCUT2D eigenvalue weighted by Crippen LogP contribution is -2.30. The molecule has 0 aliphatic carbocycles. The summed E-state index contributed by atoms with van der Waals surface area (Å²) in [5.74, 6) is 0.951. The van der Waals surface area contributed by atoms with Crippen LogP contribution in [-0.4, -0.2) is 37.8 Å². The standard InChI is InChI=1S/C23H33N5S/c1-22(2,3)17-12-16(13-18(14-17)23(4,5)6)20-26-28-19(24-25-21(28)29-20)15-27-10-8-7-9-11-27/h12-14H,7-11,15H2,1-6H3. The molecule has 29 heavy (non-hydrogen) atoms. The molecule has 0 saturated carbocycles. The first-order valence-corrected chi connectivity index (χ1v) is 11.5. The molecule has 0 bridgehead atoms. The van der Waals surface area contributed by atoms with Crippen LogP contribution in [-0.2, 0) is 17.4 Å². The molecule has 156 valence electrons. The summed E-state index contributed by atoms with van der Waals surface area (Å²) in [5.41, 5.74) is 4.06. The molecule has 1 aliphatic rings. The number of fused-ring (bicyclic) bond motifs is 1. The van der Waals surface area contributed by atoms with E-state index >= 15 is 0 Å². The first-order valence-electron chi connectivity index (χ1n) is 10.7. The van der Waals surface area contributed by atoms with E-state index in [4.69, 9.17) is 5.10 Å². The molecular weight excluding hydrogens is 378 g/mol. The van der Waals surface area contributed by atoms with E-state index in [0.29, 0.717) is 0 Å². The van der Waals surface area contributed by atoms with Crippen molar-refractivity contribution in [2.24, 2.45) is 0 Å². The molecule has 1 fully saturated rings. The van der Waals surface area contributed by atoms with Gasteiger partial charge in [0.1, 0.15) is 5.01 Å². The van der Waals surface area contributed by atoms with Crippen molar-refractivity contribution in [3.05, 3.63) is 35.2 Å². The third kappa shape index (κ3) is 4.38. The monoisotopic (exact) mass is 411 g/mol. The maximum atomic E-state index is 4.94. The number of rotatable bonds is 3. The SMILES string of the molecule is CC(C)(C)c1cc(-c2nn3c(CN4CCCCC4)nnc3s2)cc(C(C)(C)C)c1. The largest absolute Gasteiger partial charge is 0.296 e. The van der Waals surface area contributed by atoms with E-state index in [1.54, 1.807) is 11.3 Å². The van der Waals surface area contributed by atoms with Gasteiger partial charge in [-0.1, -0.05) is 65.4 Å². The zero-order valence-electron chi connectivity index (χ0n) is 18.6. The second-order valence-electron chi connectivity index (χ2n) is 10.4. The first kappa shape index (κ1) is 20.5. The first-order chi connectivity index (χ1) is 13.6. The number of piperidine rings is 1. The quantitative estimate of drug-likeness (QED) is 0.576. The van der Waals surface area contributed by atoms with E-state index in [0.717, 1.165) is 35.4 Å². The van der Waals surface area contributed by atoms with Gasteiger partial charge in [-0.2, -0.15) is 9.61 Å². The molecule has 0 atom stereocenters. The Morgan fingerprint density at radius 3 is 2.07 bits per heavy atom. The third-order valence-electron chi connectivity index (χ3n) is 5.78. The van der Waals surface area contributed by atoms with Gasteiger partial charge in [-0.3, -0.25) is 4.90 Å². The Balaban J connectivity index is 1.72. The van der Waals surface area contributed by atoms with Gasteiger partial charge in [0.25, 0.3) is 0 Å². The van der Waals surface area contributed by atoms with Gasteiger partial charge in [-0.25, -0.2) is 0 Å². The number of hydrogen-bond donors (Lipinski definition) is 0. The highest BCUT2D eigenvalue weighted by Crippen LogP contribution is 2.35. The average molecular weight is 412 g/mol. The molecule has 6 heteroatoms. The molecule has 1 saturated heterocycles. The van der Waals surface area contributed by atoms with Crippen molar-refractivity contribution in [3.63, 3.8) is 0 Å². The lowest BCUT2D eigenvalue weighted by Gasteiger charge is -2.26. The number of hydrogen-bond acceptors (Lipinski definition) is 5. The molecular formula is C23H33N5S. The summed E-state index contributed by atoms with van der Waals surface area (Å²) in [7, 11) is 0. The predicted octanol–water partition coefficient (Wildman–Crippen LogP) is 5.43. The number of benzene rings is 1. The van der Waals surface area contributed by atoms with Gasteiger partial charge < -0.3 is 0 Å². The molecule has 0 radical (unpaired) electrons. The summed E-state index contributed by atoms with van der Waals surface area (Å²) in [4.78, 5) is 3.35. The van der Waals surface area contributed by atoms with Gasteiger partial charge >= 0.3 is 0 Å². The van der Waals surface area contributed by atoms with Gasteiger partial charge in [0.05, 0.1) is 6.54 Å². The van der Waals surface area contributed by atoms with Crippen LogP contribution in [0.5, 0.6) is 0 Å². The van der Waals surface area contributed by atoms with Crippen LogP contribution in [0.25, 0.3) is 15.5 Å². The number of nitrogens with zero attached hydrogens (tertiary/aromatic N) is 5. The lowest BCUT2D eigenvalue weighted by atomic mass is 9.79. The molecule has 0 amide bonds. The topological polar surface area (TPSA) is 46.3 Å². The van der Waals surface area contributed by atoms with Crippen molar-refractivity contribution in [2.45, 2.75) is 78.2 Å². The van der Waals surface area contributed by atoms with Crippen LogP contribution < -0.4 is 0 Å². The average Bonchev–Trinajstić information content (AvgIpc) is 3.23. The van der Waals surface area contributed by atoms with Gasteiger partial charge in [0, 0.05) is 5.56 Å². The summed E-state index contributed by atoms with van der Waals surface area (Å²) in [6, 6.07) is 6.95. The van der Waals surface area contributed by atoms with E-state index in [1.807, 2.05) is 4.52 Å². The molecule has 0 spiro atoms. The Hall–Kier alpha value is -1.79. The van der Waals surface area contributed by atoms with Crippen LogP contribution in [0.4, 0.5) is 0 Å². The van der Waals surface area contributed by atoms with Crippen LogP contribution in [0.1, 0.15) is 77.8 Å². The van der Waals surface area contributed by atoms with Crippen molar-refractivity contribution in [1.29, 1.82) is 0 Å². The van der Waals surface area contributed by atoms with Crippen LogP contribution in [0.15, 0.2) is 18.2 Å². The molecule has 1 aromatic carbocycles. The molecule has 3 aromatic rings. The molecule has 1 aliphatic heterocycles. The van der Waals surface area contributed by atoms with Gasteiger partial charge in [0.15, 0.2) is 5.82 Å². The fourth-order valence-corrected chi connectivity index (χ4v) is 4.65. The molecule has 4 rings (SSSR count). The molecule has 3 heterocycles. The highest BCUT2D eigenvalue weighted by molar-refractivity contribution is 7.19. The van der Waals surface area contributed by atoms with Gasteiger partial charge in [0.2, 0.25) is 4.96 Å². The zero-order valence-corrected chi connectivity index (χ0v) is 19.4. The predicted molar refractivity (Wildman–Crippen MR) is 121 cm³/mol. The van der Waals surface area contributed by atoms with E-state index < -0.39 is 0 Å². The van der Waals surface area contributed by atoms with Crippen LogP contribution in [0.2, 0.25) is 0 Å². The summed E-state index contributed by atoms with van der Waals surface area (Å²) in [6.45, 7) is 16.8. The van der Waals surface area contributed by atoms with E-state index in [9.17, 15) is 0 Å². The highest BCUT2D eigenvalue weighted by atomic mass is 32.1. The normalized spacial score (nSPS) is 16.6. The van der Waals surface area contributed by atoms with Crippen molar-refractivity contribution < 1.29 is 0 Å². The minimum absolute atomic E-state index is 0.0917. The maximum absolute atomic E-state index is 4.94. The fourth-order valence-electron chi connectivity index (χ4n) is 3.81. The zero-order chi connectivity index (χ0) is 20.8. The van der Waals surface area contributed by atoms with Crippen molar-refractivity contribution in [3.8, 4) is 10.6 Å². The second-order valence-corrected chi connectivity index (χ2v) is 11.3. The molecule has 5 nitrogen and oxygen atoms in total. The Bertz CT molecular complexity index is 964. The maximum Gasteiger partial charge on any atom is 0.235 e. The summed E-state index contributed by atoms with van der Waals surface area (Å²) in [5, 5.41) is 14.8. The third-order valence-corrected chi connectivity index (χ3v) is 6.73. The lowest BCUT2D eigenvalue weighted by molar-refractivity contribution is 0.214. The van der Waals surface area contributed by atoms with E-state index in [-0.39, 0.29) is 10.8 Å². The molecule has 0 N–H and O–H groups in total. The van der Waals surface area contributed by atoms with Crippen LogP contribution in [0, 0.1) is 0 Å². The van der Waals surface area contributed by atoms with Crippen molar-refractivity contribution in [1.82, 2.24) is 24.7 Å². The molecule has 2 aromatic heterocycles. The smallest absolute Gasteiger partial charge is 0.235 e. The highest BCUT2D eigenvalue weighted by Gasteiger charge is 2.23. The Kier molecular flexibility index (Phi) is 5.28. The van der Waals surface area contributed by atoms with Gasteiger partial charge in [-0.05, 0) is 60.0 Å². The Labute approximate surface area is 178 Å². The second kappa shape index (κ2) is 7.47. The Morgan fingerprint density at radius 1 is 0.862 bits per heavy atom. The van der Waals surface area contributed by atoms with Gasteiger partial charge in [-0.15, -0.1) is 10.2 Å². The van der Waals surface area contributed by atoms with Crippen LogP contribution >= 0.6 is 11.3 Å². The molecule has 0 unspecified atom stereocenters. The van der Waals surface area contributed by atoms with E-state index in [1.165, 1.54) is 36.0 Å². The van der Waals surface area contributed by atoms with Crippen LogP contribution in [0.3, 0.4) is 0 Å². The minimum Gasteiger partial charge on any atom is -0.296 e. The summed E-state index contributed by atoms with van der Waals surface area (Å²) < 4.78 is 1.95.